The van der Waals surface area contributed by atoms with Gasteiger partial charge in [-0.1, -0.05) is 6.42 Å². The van der Waals surface area contributed by atoms with Crippen molar-refractivity contribution in [2.75, 3.05) is 17.7 Å². The molecule has 2 atom stereocenters. The van der Waals surface area contributed by atoms with Gasteiger partial charge in [0, 0.05) is 24.8 Å². The molecule has 0 amide bonds. The smallest absolute Gasteiger partial charge is 0.146 e. The second kappa shape index (κ2) is 4.49. The van der Waals surface area contributed by atoms with Crippen LogP contribution in [0.1, 0.15) is 19.3 Å². The summed E-state index contributed by atoms with van der Waals surface area (Å²) in [6.07, 6.45) is 5.04. The van der Waals surface area contributed by atoms with Crippen LogP contribution in [0.3, 0.4) is 0 Å². The zero-order valence-electron chi connectivity index (χ0n) is 8.69. The molecule has 0 aromatic carbocycles. The van der Waals surface area contributed by atoms with Gasteiger partial charge in [-0.25, -0.2) is 4.98 Å². The van der Waals surface area contributed by atoms with E-state index < -0.39 is 0 Å². The molecule has 1 aliphatic rings. The molecule has 4 heteroatoms. The Kier molecular flexibility index (Phi) is 3.06. The van der Waals surface area contributed by atoms with E-state index in [2.05, 4.69) is 10.3 Å². The average Bonchev–Trinajstić information content (AvgIpc) is 2.69. The maximum atomic E-state index is 9.20. The van der Waals surface area contributed by atoms with Crippen LogP contribution in [-0.2, 0) is 0 Å². The van der Waals surface area contributed by atoms with E-state index in [4.69, 9.17) is 5.73 Å². The van der Waals surface area contributed by atoms with Crippen molar-refractivity contribution in [1.82, 2.24) is 4.98 Å². The van der Waals surface area contributed by atoms with Gasteiger partial charge in [0.2, 0.25) is 0 Å². The summed E-state index contributed by atoms with van der Waals surface area (Å²) in [5.74, 6) is 0.880. The van der Waals surface area contributed by atoms with Crippen molar-refractivity contribution >= 4 is 11.5 Å². The van der Waals surface area contributed by atoms with Crippen LogP contribution < -0.4 is 11.1 Å². The Morgan fingerprint density at radius 3 is 3.13 bits per heavy atom. The van der Waals surface area contributed by atoms with Crippen molar-refractivity contribution in [2.24, 2.45) is 5.92 Å². The van der Waals surface area contributed by atoms with Gasteiger partial charge in [0.25, 0.3) is 0 Å². The third-order valence-corrected chi connectivity index (χ3v) is 3.07. The summed E-state index contributed by atoms with van der Waals surface area (Å²) < 4.78 is 0. The number of nitrogens with zero attached hydrogens (tertiary/aromatic N) is 1. The van der Waals surface area contributed by atoms with Crippen LogP contribution in [0, 0.1) is 5.92 Å². The van der Waals surface area contributed by atoms with Crippen LogP contribution in [-0.4, -0.2) is 22.7 Å². The molecule has 0 aliphatic heterocycles. The number of nitrogens with one attached hydrogen (secondary N) is 1. The van der Waals surface area contributed by atoms with Gasteiger partial charge >= 0.3 is 0 Å². The number of anilines is 2. The Bertz CT molecular complexity index is 329. The molecular weight excluding hydrogens is 190 g/mol. The summed E-state index contributed by atoms with van der Waals surface area (Å²) >= 11 is 0. The lowest BCUT2D eigenvalue weighted by atomic mass is 10.0. The van der Waals surface area contributed by atoms with E-state index in [1.54, 1.807) is 6.20 Å². The van der Waals surface area contributed by atoms with E-state index in [0.717, 1.165) is 18.5 Å². The monoisotopic (exact) mass is 207 g/mol. The van der Waals surface area contributed by atoms with Gasteiger partial charge in [-0.2, -0.15) is 0 Å². The lowest BCUT2D eigenvalue weighted by molar-refractivity contribution is 0.222. The molecule has 1 fully saturated rings. The van der Waals surface area contributed by atoms with Crippen LogP contribution in [0.4, 0.5) is 11.5 Å². The van der Waals surface area contributed by atoms with Gasteiger partial charge < -0.3 is 16.2 Å². The molecule has 4 N–H and O–H groups in total. The minimum atomic E-state index is 0.248. The first kappa shape index (κ1) is 10.2. The van der Waals surface area contributed by atoms with Gasteiger partial charge in [0.15, 0.2) is 0 Å². The summed E-state index contributed by atoms with van der Waals surface area (Å²) in [4.78, 5) is 4.02. The van der Waals surface area contributed by atoms with Gasteiger partial charge in [-0.05, 0) is 25.0 Å². The fraction of sp³-hybridized carbons (Fsp3) is 0.545. The third kappa shape index (κ3) is 2.21. The summed E-state index contributed by atoms with van der Waals surface area (Å²) in [6.45, 7) is 0.248. The molecule has 1 saturated carbocycles. The van der Waals surface area contributed by atoms with Gasteiger partial charge in [-0.3, -0.25) is 0 Å². The topological polar surface area (TPSA) is 71.2 Å². The molecule has 0 bridgehead atoms. The second-order valence-corrected chi connectivity index (χ2v) is 4.06. The largest absolute Gasteiger partial charge is 0.396 e. The molecule has 82 valence electrons. The molecule has 2 rings (SSSR count). The van der Waals surface area contributed by atoms with E-state index in [1.807, 2.05) is 12.1 Å². The van der Waals surface area contributed by atoms with Crippen LogP contribution in [0.15, 0.2) is 18.3 Å². The number of aliphatic hydroxyl groups excluding tert-OH is 1. The molecule has 4 nitrogen and oxygen atoms in total. The van der Waals surface area contributed by atoms with E-state index in [-0.39, 0.29) is 6.61 Å². The Morgan fingerprint density at radius 1 is 1.53 bits per heavy atom. The first-order chi connectivity index (χ1) is 7.31. The zero-order chi connectivity index (χ0) is 10.7. The summed E-state index contributed by atoms with van der Waals surface area (Å²) in [5.41, 5.74) is 6.63. The number of hydrogen-bond acceptors (Lipinski definition) is 4. The summed E-state index contributed by atoms with van der Waals surface area (Å²) in [5, 5.41) is 12.6. The highest BCUT2D eigenvalue weighted by Gasteiger charge is 2.26. The van der Waals surface area contributed by atoms with Crippen LogP contribution >= 0.6 is 0 Å². The zero-order valence-corrected chi connectivity index (χ0v) is 8.69. The fourth-order valence-corrected chi connectivity index (χ4v) is 2.18. The lowest BCUT2D eigenvalue weighted by Gasteiger charge is -2.20. The molecule has 0 spiro atoms. The van der Waals surface area contributed by atoms with Crippen molar-refractivity contribution in [3.63, 3.8) is 0 Å². The predicted molar refractivity (Wildman–Crippen MR) is 60.5 cm³/mol. The molecule has 1 heterocycles. The normalized spacial score (nSPS) is 25.4. The fourth-order valence-electron chi connectivity index (χ4n) is 2.18. The predicted octanol–water partition coefficient (Wildman–Crippen LogP) is 1.24. The molecule has 1 aliphatic carbocycles. The standard InChI is InChI=1S/C11H17N3O/c12-11-10(5-2-6-13-11)14-9-4-1-3-8(9)7-15/h2,5-6,8-9,14-15H,1,3-4,7H2,(H2,12,13). The molecule has 0 saturated heterocycles. The Hall–Kier alpha value is -1.29. The van der Waals surface area contributed by atoms with Crippen molar-refractivity contribution < 1.29 is 5.11 Å². The molecular formula is C11H17N3O. The Morgan fingerprint density at radius 2 is 2.40 bits per heavy atom. The minimum Gasteiger partial charge on any atom is -0.396 e. The van der Waals surface area contributed by atoms with Crippen LogP contribution in [0.25, 0.3) is 0 Å². The van der Waals surface area contributed by atoms with E-state index in [9.17, 15) is 5.11 Å². The number of nitrogen functional groups attached to an aromatic ring is 1. The molecule has 1 aromatic heterocycles. The lowest BCUT2D eigenvalue weighted by Crippen LogP contribution is -2.26. The van der Waals surface area contributed by atoms with Gasteiger partial charge in [0.1, 0.15) is 5.82 Å². The van der Waals surface area contributed by atoms with E-state index in [0.29, 0.717) is 17.8 Å². The molecule has 1 aromatic rings. The highest BCUT2D eigenvalue weighted by atomic mass is 16.3. The third-order valence-electron chi connectivity index (χ3n) is 3.07. The number of rotatable bonds is 3. The molecule has 2 unspecified atom stereocenters. The van der Waals surface area contributed by atoms with Crippen molar-refractivity contribution in [1.29, 1.82) is 0 Å². The van der Waals surface area contributed by atoms with Crippen molar-refractivity contribution in [2.45, 2.75) is 25.3 Å². The van der Waals surface area contributed by atoms with Crippen LogP contribution in [0.2, 0.25) is 0 Å². The number of aliphatic hydroxyl groups is 1. The number of nitrogens with two attached hydrogens (primary N) is 1. The maximum Gasteiger partial charge on any atom is 0.146 e. The first-order valence-corrected chi connectivity index (χ1v) is 5.39. The first-order valence-electron chi connectivity index (χ1n) is 5.39. The quantitative estimate of drug-likeness (QED) is 0.697. The van der Waals surface area contributed by atoms with Gasteiger partial charge in [0.05, 0.1) is 5.69 Å². The highest BCUT2D eigenvalue weighted by Crippen LogP contribution is 2.29. The number of pyridine rings is 1. The van der Waals surface area contributed by atoms with Crippen molar-refractivity contribution in [3.8, 4) is 0 Å². The van der Waals surface area contributed by atoms with Gasteiger partial charge in [-0.15, -0.1) is 0 Å². The highest BCUT2D eigenvalue weighted by molar-refractivity contribution is 5.61. The minimum absolute atomic E-state index is 0.248. The van der Waals surface area contributed by atoms with Crippen molar-refractivity contribution in [3.05, 3.63) is 18.3 Å². The SMILES string of the molecule is Nc1ncccc1NC1CCCC1CO. The summed E-state index contributed by atoms with van der Waals surface area (Å²) in [7, 11) is 0. The summed E-state index contributed by atoms with van der Waals surface area (Å²) in [6, 6.07) is 4.12. The van der Waals surface area contributed by atoms with Crippen LogP contribution in [0.5, 0.6) is 0 Å². The molecule has 15 heavy (non-hydrogen) atoms. The maximum absolute atomic E-state index is 9.20. The molecule has 0 radical (unpaired) electrons. The average molecular weight is 207 g/mol. The Balaban J connectivity index is 2.05. The number of aromatic nitrogens is 1. The Labute approximate surface area is 89.5 Å². The second-order valence-electron chi connectivity index (χ2n) is 4.06. The van der Waals surface area contributed by atoms with E-state index in [1.165, 1.54) is 6.42 Å². The van der Waals surface area contributed by atoms with E-state index >= 15 is 0 Å². The number of hydrogen-bond donors (Lipinski definition) is 3.